The normalized spacial score (nSPS) is 15.8. The minimum Gasteiger partial charge on any atom is -0.319 e. The van der Waals surface area contributed by atoms with E-state index < -0.39 is 0 Å². The largest absolute Gasteiger partial charge is 0.319 e. The van der Waals surface area contributed by atoms with Gasteiger partial charge in [-0.1, -0.05) is 28.9 Å². The summed E-state index contributed by atoms with van der Waals surface area (Å²) in [5.74, 6) is 0.223. The van der Waals surface area contributed by atoms with Gasteiger partial charge in [0.25, 0.3) is 0 Å². The van der Waals surface area contributed by atoms with Crippen LogP contribution in [0.1, 0.15) is 12.5 Å². The van der Waals surface area contributed by atoms with Gasteiger partial charge in [0.05, 0.1) is 0 Å². The number of fused-ring (bicyclic) bond motifs is 1. The lowest BCUT2D eigenvalue weighted by molar-refractivity contribution is -0.121. The molecule has 0 aromatic heterocycles. The van der Waals surface area contributed by atoms with Crippen molar-refractivity contribution in [3.8, 4) is 0 Å². The Morgan fingerprint density at radius 3 is 3.06 bits per heavy atom. The topological polar surface area (TPSA) is 32.3 Å². The zero-order valence-electron chi connectivity index (χ0n) is 10.2. The first-order valence-corrected chi connectivity index (χ1v) is 6.67. The van der Waals surface area contributed by atoms with Crippen LogP contribution in [0.3, 0.4) is 0 Å². The summed E-state index contributed by atoms with van der Waals surface area (Å²) in [5.41, 5.74) is 2.32. The maximum Gasteiger partial charge on any atom is 0.231 e. The van der Waals surface area contributed by atoms with Crippen LogP contribution in [-0.2, 0) is 11.2 Å². The zero-order chi connectivity index (χ0) is 12.4. The van der Waals surface area contributed by atoms with Gasteiger partial charge in [-0.05, 0) is 31.2 Å². The summed E-state index contributed by atoms with van der Waals surface area (Å²) in [6.07, 6.45) is 0.959. The van der Waals surface area contributed by atoms with Gasteiger partial charge in [0.15, 0.2) is 0 Å². The fourth-order valence-corrected chi connectivity index (χ4v) is 2.59. The number of halogens is 1. The van der Waals surface area contributed by atoms with Gasteiger partial charge in [-0.3, -0.25) is 4.79 Å². The average molecular weight is 297 g/mol. The van der Waals surface area contributed by atoms with Crippen molar-refractivity contribution in [1.82, 2.24) is 5.32 Å². The Hall–Kier alpha value is -0.870. The molecule has 2 rings (SSSR count). The van der Waals surface area contributed by atoms with Gasteiger partial charge in [0.1, 0.15) is 0 Å². The van der Waals surface area contributed by atoms with Gasteiger partial charge in [-0.25, -0.2) is 0 Å². The molecule has 0 saturated carbocycles. The van der Waals surface area contributed by atoms with Gasteiger partial charge in [0.2, 0.25) is 5.91 Å². The van der Waals surface area contributed by atoms with E-state index in [1.54, 1.807) is 0 Å². The highest BCUT2D eigenvalue weighted by atomic mass is 79.9. The van der Waals surface area contributed by atoms with Gasteiger partial charge in [0, 0.05) is 29.2 Å². The average Bonchev–Trinajstić information content (AvgIpc) is 2.71. The van der Waals surface area contributed by atoms with Crippen LogP contribution in [0.5, 0.6) is 0 Å². The van der Waals surface area contributed by atoms with E-state index in [0.717, 1.165) is 29.7 Å². The summed E-state index contributed by atoms with van der Waals surface area (Å²) in [5, 5.41) is 3.05. The minimum absolute atomic E-state index is 0.0185. The van der Waals surface area contributed by atoms with Crippen molar-refractivity contribution in [3.63, 3.8) is 0 Å². The summed E-state index contributed by atoms with van der Waals surface area (Å²) < 4.78 is 1.03. The molecule has 4 heteroatoms. The highest BCUT2D eigenvalue weighted by Crippen LogP contribution is 2.31. The number of hydrogen-bond acceptors (Lipinski definition) is 2. The summed E-state index contributed by atoms with van der Waals surface area (Å²) in [4.78, 5) is 14.2. The van der Waals surface area contributed by atoms with Gasteiger partial charge < -0.3 is 10.2 Å². The van der Waals surface area contributed by atoms with Gasteiger partial charge in [-0.2, -0.15) is 0 Å². The van der Waals surface area contributed by atoms with Crippen LogP contribution < -0.4 is 10.2 Å². The van der Waals surface area contributed by atoms with Crippen LogP contribution in [-0.4, -0.2) is 26.0 Å². The van der Waals surface area contributed by atoms with E-state index >= 15 is 0 Å². The second-order valence-corrected chi connectivity index (χ2v) is 5.39. The Bertz CT molecular complexity index is 433. The minimum atomic E-state index is 0.0185. The fourth-order valence-electron chi connectivity index (χ4n) is 2.24. The second-order valence-electron chi connectivity index (χ2n) is 4.47. The summed E-state index contributed by atoms with van der Waals surface area (Å²) in [6.45, 7) is 3.49. The number of hydrogen-bond donors (Lipinski definition) is 1. The lowest BCUT2D eigenvalue weighted by atomic mass is 10.1. The molecule has 0 radical (unpaired) electrons. The third-order valence-corrected chi connectivity index (χ3v) is 3.63. The molecule has 1 heterocycles. The highest BCUT2D eigenvalue weighted by Gasteiger charge is 2.27. The molecule has 0 bridgehead atoms. The molecular weight excluding hydrogens is 280 g/mol. The molecule has 1 N–H and O–H groups in total. The quantitative estimate of drug-likeness (QED) is 0.927. The van der Waals surface area contributed by atoms with E-state index in [4.69, 9.17) is 0 Å². The molecule has 1 aliphatic heterocycles. The van der Waals surface area contributed by atoms with Crippen molar-refractivity contribution in [2.45, 2.75) is 13.3 Å². The number of carbonyl (C=O) groups is 1. The molecule has 1 aliphatic rings. The second kappa shape index (κ2) is 5.19. The standard InChI is InChI=1S/C13H17BrN2O/c1-9(8-15-2)13(17)16-6-5-10-3-4-11(14)7-12(10)16/h3-4,7,9,15H,5-6,8H2,1-2H3. The molecule has 0 spiro atoms. The molecule has 1 unspecified atom stereocenters. The van der Waals surface area contributed by atoms with Crippen molar-refractivity contribution in [1.29, 1.82) is 0 Å². The number of anilines is 1. The molecule has 1 amide bonds. The van der Waals surface area contributed by atoms with Crippen LogP contribution >= 0.6 is 15.9 Å². The molecule has 3 nitrogen and oxygen atoms in total. The van der Waals surface area contributed by atoms with Crippen molar-refractivity contribution in [2.24, 2.45) is 5.92 Å². The Kier molecular flexibility index (Phi) is 3.84. The molecule has 0 aliphatic carbocycles. The Morgan fingerprint density at radius 1 is 1.59 bits per heavy atom. The number of nitrogens with one attached hydrogen (secondary N) is 1. The first-order chi connectivity index (χ1) is 8.13. The van der Waals surface area contributed by atoms with E-state index in [1.165, 1.54) is 5.56 Å². The van der Waals surface area contributed by atoms with E-state index in [2.05, 4.69) is 27.3 Å². The summed E-state index contributed by atoms with van der Waals surface area (Å²) in [6, 6.07) is 6.16. The van der Waals surface area contributed by atoms with Crippen LogP contribution in [0.25, 0.3) is 0 Å². The Morgan fingerprint density at radius 2 is 2.35 bits per heavy atom. The first-order valence-electron chi connectivity index (χ1n) is 5.88. The number of carbonyl (C=O) groups excluding carboxylic acids is 1. The zero-order valence-corrected chi connectivity index (χ0v) is 11.8. The first kappa shape index (κ1) is 12.6. The van der Waals surface area contributed by atoms with Crippen molar-refractivity contribution in [3.05, 3.63) is 28.2 Å². The molecule has 92 valence electrons. The van der Waals surface area contributed by atoms with Crippen LogP contribution in [0.15, 0.2) is 22.7 Å². The number of amides is 1. The Balaban J connectivity index is 2.21. The maximum atomic E-state index is 12.3. The predicted molar refractivity (Wildman–Crippen MR) is 73.3 cm³/mol. The molecule has 17 heavy (non-hydrogen) atoms. The lowest BCUT2D eigenvalue weighted by Gasteiger charge is -2.21. The molecule has 1 aromatic rings. The van der Waals surface area contributed by atoms with Crippen LogP contribution in [0, 0.1) is 5.92 Å². The van der Waals surface area contributed by atoms with E-state index in [1.807, 2.05) is 31.0 Å². The SMILES string of the molecule is CNCC(C)C(=O)N1CCc2ccc(Br)cc21. The fraction of sp³-hybridized carbons (Fsp3) is 0.462. The third-order valence-electron chi connectivity index (χ3n) is 3.14. The van der Waals surface area contributed by atoms with E-state index in [-0.39, 0.29) is 11.8 Å². The van der Waals surface area contributed by atoms with Crippen LogP contribution in [0.4, 0.5) is 5.69 Å². The van der Waals surface area contributed by atoms with Crippen molar-refractivity contribution < 1.29 is 4.79 Å². The Labute approximate surface area is 110 Å². The highest BCUT2D eigenvalue weighted by molar-refractivity contribution is 9.10. The van der Waals surface area contributed by atoms with Crippen molar-refractivity contribution >= 4 is 27.5 Å². The number of nitrogens with zero attached hydrogens (tertiary/aromatic N) is 1. The van der Waals surface area contributed by atoms with Gasteiger partial charge in [-0.15, -0.1) is 0 Å². The van der Waals surface area contributed by atoms with Crippen molar-refractivity contribution in [2.75, 3.05) is 25.0 Å². The summed E-state index contributed by atoms with van der Waals surface area (Å²) >= 11 is 3.46. The van der Waals surface area contributed by atoms with E-state index in [0.29, 0.717) is 0 Å². The predicted octanol–water partition coefficient (Wildman–Crippen LogP) is 2.19. The smallest absolute Gasteiger partial charge is 0.231 e. The molecular formula is C13H17BrN2O. The maximum absolute atomic E-state index is 12.3. The molecule has 1 aromatic carbocycles. The lowest BCUT2D eigenvalue weighted by Crippen LogP contribution is -2.37. The molecule has 1 atom stereocenters. The third kappa shape index (κ3) is 2.53. The molecule has 0 saturated heterocycles. The van der Waals surface area contributed by atoms with E-state index in [9.17, 15) is 4.79 Å². The molecule has 0 fully saturated rings. The summed E-state index contributed by atoms with van der Waals surface area (Å²) in [7, 11) is 1.87. The monoisotopic (exact) mass is 296 g/mol. The van der Waals surface area contributed by atoms with Gasteiger partial charge >= 0.3 is 0 Å². The van der Waals surface area contributed by atoms with Crippen LogP contribution in [0.2, 0.25) is 0 Å². The number of benzene rings is 1. The number of rotatable bonds is 3.